The lowest BCUT2D eigenvalue weighted by molar-refractivity contribution is 0.0331. The van der Waals surface area contributed by atoms with Crippen molar-refractivity contribution in [3.05, 3.63) is 32.6 Å². The van der Waals surface area contributed by atoms with Crippen LogP contribution >= 0.6 is 11.3 Å². The molecule has 0 unspecified atom stereocenters. The van der Waals surface area contributed by atoms with Crippen LogP contribution in [0.5, 0.6) is 0 Å². The van der Waals surface area contributed by atoms with Crippen molar-refractivity contribution in [1.82, 2.24) is 30.0 Å². The van der Waals surface area contributed by atoms with Crippen LogP contribution in [0.15, 0.2) is 4.79 Å². The molecule has 0 spiro atoms. The molecule has 4 rings (SSSR count). The van der Waals surface area contributed by atoms with Crippen LogP contribution in [0.1, 0.15) is 22.1 Å². The van der Waals surface area contributed by atoms with Gasteiger partial charge in [0.05, 0.1) is 31.7 Å². The number of nitrogens with one attached hydrogen (secondary N) is 3. The molecule has 0 amide bonds. The van der Waals surface area contributed by atoms with Crippen LogP contribution in [0.3, 0.4) is 0 Å². The standard InChI is InChI=1S/C16H21N7O2S/c1-9-10(2)26-15-13(9)14(17-7-11-20-16(24)22-21-11)18-12(19-15)8-23-3-5-25-6-4-23/h3-8H2,1-2H3,(H,17,18,19)(H2,20,21,22,24). The Balaban J connectivity index is 1.64. The second kappa shape index (κ2) is 7.14. The van der Waals surface area contributed by atoms with Crippen molar-refractivity contribution in [1.29, 1.82) is 0 Å². The molecule has 26 heavy (non-hydrogen) atoms. The SMILES string of the molecule is Cc1sc2nc(CN3CCOCC3)nc(NCc3n[nH]c(=O)[nH]3)c2c1C. The molecule has 1 saturated heterocycles. The summed E-state index contributed by atoms with van der Waals surface area (Å²) in [7, 11) is 0. The van der Waals surface area contributed by atoms with Gasteiger partial charge < -0.3 is 10.1 Å². The summed E-state index contributed by atoms with van der Waals surface area (Å²) < 4.78 is 5.41. The number of rotatable bonds is 5. The van der Waals surface area contributed by atoms with Crippen LogP contribution in [0.4, 0.5) is 5.82 Å². The summed E-state index contributed by atoms with van der Waals surface area (Å²) in [6.45, 7) is 8.54. The average Bonchev–Trinajstić information content (AvgIpc) is 3.17. The first-order valence-corrected chi connectivity index (χ1v) is 9.36. The summed E-state index contributed by atoms with van der Waals surface area (Å²) in [5.74, 6) is 2.11. The number of ether oxygens (including phenoxy) is 1. The molecule has 3 aromatic heterocycles. The number of aromatic amines is 2. The number of aryl methyl sites for hydroxylation is 2. The summed E-state index contributed by atoms with van der Waals surface area (Å²) in [5.41, 5.74) is 0.867. The molecular formula is C16H21N7O2S. The summed E-state index contributed by atoms with van der Waals surface area (Å²) in [6.07, 6.45) is 0. The van der Waals surface area contributed by atoms with E-state index in [4.69, 9.17) is 14.7 Å². The number of aromatic nitrogens is 5. The van der Waals surface area contributed by atoms with Crippen LogP contribution < -0.4 is 11.0 Å². The molecule has 0 saturated carbocycles. The zero-order chi connectivity index (χ0) is 18.1. The number of morpholine rings is 1. The largest absolute Gasteiger partial charge is 0.379 e. The van der Waals surface area contributed by atoms with Gasteiger partial charge in [-0.15, -0.1) is 11.3 Å². The van der Waals surface area contributed by atoms with Crippen molar-refractivity contribution in [3.63, 3.8) is 0 Å². The van der Waals surface area contributed by atoms with Crippen LogP contribution in [0.25, 0.3) is 10.2 Å². The maximum atomic E-state index is 11.2. The number of H-pyrrole nitrogens is 2. The number of nitrogens with zero attached hydrogens (tertiary/aromatic N) is 4. The van der Waals surface area contributed by atoms with E-state index in [-0.39, 0.29) is 5.69 Å². The zero-order valence-electron chi connectivity index (χ0n) is 14.8. The van der Waals surface area contributed by atoms with Crippen LogP contribution in [0.2, 0.25) is 0 Å². The van der Waals surface area contributed by atoms with Gasteiger partial charge in [0.2, 0.25) is 0 Å². The van der Waals surface area contributed by atoms with E-state index in [0.717, 1.165) is 48.2 Å². The fraction of sp³-hybridized carbons (Fsp3) is 0.500. The van der Waals surface area contributed by atoms with Gasteiger partial charge in [-0.3, -0.25) is 9.88 Å². The highest BCUT2D eigenvalue weighted by Gasteiger charge is 2.17. The minimum absolute atomic E-state index is 0.315. The van der Waals surface area contributed by atoms with E-state index in [2.05, 4.69) is 39.2 Å². The Kier molecular flexibility index (Phi) is 4.70. The van der Waals surface area contributed by atoms with Gasteiger partial charge in [-0.2, -0.15) is 5.10 Å². The first kappa shape index (κ1) is 17.1. The van der Waals surface area contributed by atoms with Crippen molar-refractivity contribution >= 4 is 27.4 Å². The summed E-state index contributed by atoms with van der Waals surface area (Å²) >= 11 is 1.68. The van der Waals surface area contributed by atoms with Gasteiger partial charge in [0, 0.05) is 18.0 Å². The van der Waals surface area contributed by atoms with Gasteiger partial charge >= 0.3 is 5.69 Å². The molecule has 9 nitrogen and oxygen atoms in total. The average molecular weight is 375 g/mol. The Morgan fingerprint density at radius 1 is 1.27 bits per heavy atom. The Morgan fingerprint density at radius 3 is 2.81 bits per heavy atom. The molecule has 4 heterocycles. The van der Waals surface area contributed by atoms with Gasteiger partial charge in [-0.1, -0.05) is 0 Å². The van der Waals surface area contributed by atoms with Crippen LogP contribution in [0, 0.1) is 13.8 Å². The third-order valence-electron chi connectivity index (χ3n) is 4.52. The molecule has 3 aromatic rings. The fourth-order valence-corrected chi connectivity index (χ4v) is 4.06. The van der Waals surface area contributed by atoms with E-state index in [9.17, 15) is 4.79 Å². The van der Waals surface area contributed by atoms with Gasteiger partial charge in [0.1, 0.15) is 22.3 Å². The van der Waals surface area contributed by atoms with Crippen LogP contribution in [-0.4, -0.2) is 56.4 Å². The molecule has 0 bridgehead atoms. The molecule has 0 aromatic carbocycles. The topological polar surface area (TPSA) is 112 Å². The van der Waals surface area contributed by atoms with Gasteiger partial charge in [-0.05, 0) is 19.4 Å². The number of hydrogen-bond donors (Lipinski definition) is 3. The van der Waals surface area contributed by atoms with Crippen molar-refractivity contribution in [2.45, 2.75) is 26.9 Å². The Morgan fingerprint density at radius 2 is 2.08 bits per heavy atom. The fourth-order valence-electron chi connectivity index (χ4n) is 3.01. The van der Waals surface area contributed by atoms with E-state index in [0.29, 0.717) is 18.9 Å². The highest BCUT2D eigenvalue weighted by Crippen LogP contribution is 2.33. The molecule has 1 aliphatic rings. The molecule has 1 fully saturated rings. The van der Waals surface area contributed by atoms with E-state index < -0.39 is 0 Å². The van der Waals surface area contributed by atoms with E-state index in [1.807, 2.05) is 0 Å². The highest BCUT2D eigenvalue weighted by atomic mass is 32.1. The lowest BCUT2D eigenvalue weighted by Gasteiger charge is -2.25. The molecule has 1 aliphatic heterocycles. The minimum Gasteiger partial charge on any atom is -0.379 e. The molecule has 0 aliphatic carbocycles. The van der Waals surface area contributed by atoms with Crippen LogP contribution in [-0.2, 0) is 17.8 Å². The van der Waals surface area contributed by atoms with E-state index in [1.54, 1.807) is 11.3 Å². The van der Waals surface area contributed by atoms with Gasteiger partial charge in [0.25, 0.3) is 0 Å². The molecule has 3 N–H and O–H groups in total. The van der Waals surface area contributed by atoms with Crippen molar-refractivity contribution in [3.8, 4) is 0 Å². The molecule has 138 valence electrons. The first-order chi connectivity index (χ1) is 12.6. The third-order valence-corrected chi connectivity index (χ3v) is 5.62. The molecule has 0 atom stereocenters. The van der Waals surface area contributed by atoms with Gasteiger partial charge in [-0.25, -0.2) is 19.9 Å². The van der Waals surface area contributed by atoms with E-state index >= 15 is 0 Å². The predicted molar refractivity (Wildman–Crippen MR) is 99.5 cm³/mol. The third kappa shape index (κ3) is 3.48. The number of fused-ring (bicyclic) bond motifs is 1. The van der Waals surface area contributed by atoms with Crippen molar-refractivity contribution < 1.29 is 4.74 Å². The Bertz CT molecular complexity index is 971. The lowest BCUT2D eigenvalue weighted by atomic mass is 10.2. The smallest absolute Gasteiger partial charge is 0.340 e. The lowest BCUT2D eigenvalue weighted by Crippen LogP contribution is -2.36. The number of hydrogen-bond acceptors (Lipinski definition) is 8. The Labute approximate surface area is 153 Å². The second-order valence-electron chi connectivity index (χ2n) is 6.32. The zero-order valence-corrected chi connectivity index (χ0v) is 15.6. The van der Waals surface area contributed by atoms with E-state index in [1.165, 1.54) is 10.4 Å². The van der Waals surface area contributed by atoms with Crippen molar-refractivity contribution in [2.24, 2.45) is 0 Å². The molecule has 10 heteroatoms. The summed E-state index contributed by atoms with van der Waals surface area (Å²) in [5, 5.41) is 10.7. The maximum absolute atomic E-state index is 11.2. The minimum atomic E-state index is -0.315. The predicted octanol–water partition coefficient (Wildman–Crippen LogP) is 1.16. The quantitative estimate of drug-likeness (QED) is 0.613. The summed E-state index contributed by atoms with van der Waals surface area (Å²) in [4.78, 5) is 27.9. The number of thiophene rings is 1. The van der Waals surface area contributed by atoms with Gasteiger partial charge in [0.15, 0.2) is 0 Å². The maximum Gasteiger partial charge on any atom is 0.340 e. The second-order valence-corrected chi connectivity index (χ2v) is 7.52. The highest BCUT2D eigenvalue weighted by molar-refractivity contribution is 7.18. The summed E-state index contributed by atoms with van der Waals surface area (Å²) in [6, 6.07) is 0. The molecule has 0 radical (unpaired) electrons. The normalized spacial score (nSPS) is 15.6. The van der Waals surface area contributed by atoms with Crippen molar-refractivity contribution in [2.75, 3.05) is 31.6 Å². The molecular weight excluding hydrogens is 354 g/mol. The Hall–Kier alpha value is -2.30. The number of anilines is 1. The monoisotopic (exact) mass is 375 g/mol. The first-order valence-electron chi connectivity index (χ1n) is 8.54.